The van der Waals surface area contributed by atoms with Crippen LogP contribution < -0.4 is 9.91 Å². The number of nitrogens with zero attached hydrogens (tertiary/aromatic N) is 3. The number of phenolic OH excluding ortho intramolecular Hbond substituents is 2. The van der Waals surface area contributed by atoms with Crippen LogP contribution in [0.25, 0.3) is 6.08 Å². The van der Waals surface area contributed by atoms with Crippen LogP contribution in [0.4, 0.5) is 17.1 Å². The summed E-state index contributed by atoms with van der Waals surface area (Å²) in [5, 5.41) is 34.3. The minimum Gasteiger partial charge on any atom is -0.504 e. The lowest BCUT2D eigenvalue weighted by molar-refractivity contribution is -0.129. The molecule has 0 aliphatic carbocycles. The number of benzene rings is 3. The monoisotopic (exact) mass is 455 g/mol. The number of phenols is 2. The largest absolute Gasteiger partial charge is 0.504 e. The van der Waals surface area contributed by atoms with E-state index < -0.39 is 11.9 Å². The van der Waals surface area contributed by atoms with E-state index in [4.69, 9.17) is 0 Å². The number of hydrogen-bond acceptors (Lipinski definition) is 6. The third-order valence-electron chi connectivity index (χ3n) is 5.89. The lowest BCUT2D eigenvalue weighted by Crippen LogP contribution is -2.24. The van der Waals surface area contributed by atoms with E-state index in [-0.39, 0.29) is 22.8 Å². The number of carboxylic acids is 1. The molecule has 8 nitrogen and oxygen atoms in total. The third kappa shape index (κ3) is 3.75. The molecule has 0 aromatic heterocycles. The van der Waals surface area contributed by atoms with E-state index >= 15 is 0 Å². The first-order valence-electron chi connectivity index (χ1n) is 10.8. The molecule has 0 spiro atoms. The fraction of sp³-hybridized carbons (Fsp3) is 0.115. The SMILES string of the molecule is O=C(O)C1=NN(c2ccccc2)C(=O)/C1=C\c1ccc2c(c1)CCCN2c1ccc(O)c(O)c1. The van der Waals surface area contributed by atoms with Gasteiger partial charge in [0.15, 0.2) is 17.2 Å². The van der Waals surface area contributed by atoms with Crippen molar-refractivity contribution in [3.63, 3.8) is 0 Å². The number of aromatic hydroxyl groups is 2. The summed E-state index contributed by atoms with van der Waals surface area (Å²) in [6.45, 7) is 0.748. The zero-order valence-corrected chi connectivity index (χ0v) is 18.0. The maximum Gasteiger partial charge on any atom is 0.357 e. The van der Waals surface area contributed by atoms with E-state index in [1.807, 2.05) is 18.2 Å². The van der Waals surface area contributed by atoms with Gasteiger partial charge in [0, 0.05) is 24.0 Å². The highest BCUT2D eigenvalue weighted by atomic mass is 16.4. The molecule has 170 valence electrons. The molecule has 8 heteroatoms. The lowest BCUT2D eigenvalue weighted by atomic mass is 9.97. The van der Waals surface area contributed by atoms with E-state index in [9.17, 15) is 24.9 Å². The highest BCUT2D eigenvalue weighted by Gasteiger charge is 2.35. The second-order valence-corrected chi connectivity index (χ2v) is 8.08. The van der Waals surface area contributed by atoms with Crippen LogP contribution in [-0.2, 0) is 16.0 Å². The second kappa shape index (κ2) is 8.40. The Morgan fingerprint density at radius 2 is 1.74 bits per heavy atom. The van der Waals surface area contributed by atoms with Gasteiger partial charge in [-0.15, -0.1) is 0 Å². The van der Waals surface area contributed by atoms with Crippen molar-refractivity contribution in [1.82, 2.24) is 0 Å². The van der Waals surface area contributed by atoms with Gasteiger partial charge in [0.25, 0.3) is 5.91 Å². The molecule has 0 atom stereocenters. The molecule has 0 unspecified atom stereocenters. The Hall–Kier alpha value is -4.59. The molecule has 3 aromatic rings. The first-order valence-corrected chi connectivity index (χ1v) is 10.8. The van der Waals surface area contributed by atoms with Gasteiger partial charge in [-0.2, -0.15) is 10.1 Å². The lowest BCUT2D eigenvalue weighted by Gasteiger charge is -2.31. The van der Waals surface area contributed by atoms with Crippen LogP contribution in [-0.4, -0.2) is 39.5 Å². The number of aryl methyl sites for hydroxylation is 1. The Bertz CT molecular complexity index is 1360. The highest BCUT2D eigenvalue weighted by molar-refractivity contribution is 6.53. The van der Waals surface area contributed by atoms with Crippen LogP contribution in [0.3, 0.4) is 0 Å². The fourth-order valence-electron chi connectivity index (χ4n) is 4.27. The number of aliphatic carboxylic acids is 1. The van der Waals surface area contributed by atoms with E-state index in [1.54, 1.807) is 42.5 Å². The Morgan fingerprint density at radius 1 is 0.941 bits per heavy atom. The van der Waals surface area contributed by atoms with Crippen LogP contribution in [0, 0.1) is 0 Å². The molecule has 0 radical (unpaired) electrons. The number of carboxylic acid groups (broad SMARTS) is 1. The molecule has 34 heavy (non-hydrogen) atoms. The number of carbonyl (C=O) groups is 2. The van der Waals surface area contributed by atoms with Crippen molar-refractivity contribution >= 4 is 40.7 Å². The first-order chi connectivity index (χ1) is 16.4. The second-order valence-electron chi connectivity index (χ2n) is 8.08. The molecule has 2 aliphatic heterocycles. The van der Waals surface area contributed by atoms with E-state index in [0.717, 1.165) is 41.3 Å². The maximum atomic E-state index is 13.0. The Kier molecular flexibility index (Phi) is 5.25. The zero-order valence-electron chi connectivity index (χ0n) is 18.0. The number of hydrogen-bond donors (Lipinski definition) is 3. The molecule has 2 aliphatic rings. The van der Waals surface area contributed by atoms with Crippen LogP contribution in [0.2, 0.25) is 0 Å². The molecule has 3 aromatic carbocycles. The molecule has 0 saturated carbocycles. The van der Waals surface area contributed by atoms with Crippen LogP contribution in [0.1, 0.15) is 17.5 Å². The molecule has 0 fully saturated rings. The van der Waals surface area contributed by atoms with Gasteiger partial charge in [-0.25, -0.2) is 4.79 Å². The summed E-state index contributed by atoms with van der Waals surface area (Å²) in [7, 11) is 0. The van der Waals surface area contributed by atoms with E-state index in [0.29, 0.717) is 11.3 Å². The summed E-state index contributed by atoms with van der Waals surface area (Å²) in [6.07, 6.45) is 3.25. The predicted molar refractivity (Wildman–Crippen MR) is 129 cm³/mol. The third-order valence-corrected chi connectivity index (χ3v) is 5.89. The number of fused-ring (bicyclic) bond motifs is 1. The van der Waals surface area contributed by atoms with Gasteiger partial charge in [0.2, 0.25) is 0 Å². The highest BCUT2D eigenvalue weighted by Crippen LogP contribution is 2.38. The van der Waals surface area contributed by atoms with Gasteiger partial charge >= 0.3 is 5.97 Å². The topological polar surface area (TPSA) is 114 Å². The van der Waals surface area contributed by atoms with Gasteiger partial charge in [0.1, 0.15) is 0 Å². The minimum absolute atomic E-state index is 0.0208. The molecular weight excluding hydrogens is 434 g/mol. The van der Waals surface area contributed by atoms with Gasteiger partial charge in [-0.3, -0.25) is 4.79 Å². The molecule has 5 rings (SSSR count). The summed E-state index contributed by atoms with van der Waals surface area (Å²) in [5.74, 6) is -2.13. The number of amides is 1. The van der Waals surface area contributed by atoms with Crippen molar-refractivity contribution in [2.24, 2.45) is 5.10 Å². The number of para-hydroxylation sites is 1. The average Bonchev–Trinajstić information content (AvgIpc) is 3.17. The van der Waals surface area contributed by atoms with Crippen LogP contribution in [0.15, 0.2) is 77.4 Å². The van der Waals surface area contributed by atoms with Crippen molar-refractivity contribution in [2.75, 3.05) is 16.5 Å². The molecule has 0 saturated heterocycles. The Balaban J connectivity index is 1.50. The summed E-state index contributed by atoms with van der Waals surface area (Å²) < 4.78 is 0. The summed E-state index contributed by atoms with van der Waals surface area (Å²) in [5.41, 5.74) is 3.66. The number of carbonyl (C=O) groups excluding carboxylic acids is 1. The molecule has 1 amide bonds. The number of rotatable bonds is 4. The standard InChI is InChI=1S/C26H21N3O5/c30-22-11-9-19(15-23(22)31)28-12-4-5-17-13-16(8-10-21(17)28)14-20-24(26(33)34)27-29(25(20)32)18-6-2-1-3-7-18/h1-3,6-11,13-15,30-31H,4-5,12H2,(H,33,34)/b20-14-. The van der Waals surface area contributed by atoms with Gasteiger partial charge in [-0.1, -0.05) is 24.3 Å². The van der Waals surface area contributed by atoms with E-state index in [1.165, 1.54) is 12.1 Å². The number of anilines is 3. The summed E-state index contributed by atoms with van der Waals surface area (Å²) in [4.78, 5) is 26.9. The zero-order chi connectivity index (χ0) is 23.8. The Morgan fingerprint density at radius 3 is 2.47 bits per heavy atom. The predicted octanol–water partition coefficient (Wildman–Crippen LogP) is 4.05. The molecule has 3 N–H and O–H groups in total. The Labute approximate surface area is 195 Å². The quantitative estimate of drug-likeness (QED) is 0.404. The van der Waals surface area contributed by atoms with Crippen molar-refractivity contribution in [3.05, 3.63) is 83.4 Å². The van der Waals surface area contributed by atoms with Crippen LogP contribution in [0.5, 0.6) is 11.5 Å². The summed E-state index contributed by atoms with van der Waals surface area (Å²) >= 11 is 0. The van der Waals surface area contributed by atoms with Crippen molar-refractivity contribution in [2.45, 2.75) is 12.8 Å². The van der Waals surface area contributed by atoms with Crippen molar-refractivity contribution in [1.29, 1.82) is 0 Å². The first kappa shape index (κ1) is 21.3. The minimum atomic E-state index is -1.27. The van der Waals surface area contributed by atoms with Gasteiger partial charge in [0.05, 0.1) is 11.3 Å². The van der Waals surface area contributed by atoms with Gasteiger partial charge in [-0.05, 0) is 66.4 Å². The fourth-order valence-corrected chi connectivity index (χ4v) is 4.27. The maximum absolute atomic E-state index is 13.0. The van der Waals surface area contributed by atoms with Gasteiger partial charge < -0.3 is 20.2 Å². The average molecular weight is 455 g/mol. The van der Waals surface area contributed by atoms with Crippen LogP contribution >= 0.6 is 0 Å². The molecular formula is C26H21N3O5. The smallest absolute Gasteiger partial charge is 0.357 e. The molecule has 2 heterocycles. The molecule has 0 bridgehead atoms. The van der Waals surface area contributed by atoms with Crippen molar-refractivity contribution in [3.8, 4) is 11.5 Å². The number of hydrazone groups is 1. The summed E-state index contributed by atoms with van der Waals surface area (Å²) in [6, 6.07) is 19.1. The van der Waals surface area contributed by atoms with E-state index in [2.05, 4.69) is 10.0 Å². The van der Waals surface area contributed by atoms with Crippen molar-refractivity contribution < 1.29 is 24.9 Å². The normalized spacial score (nSPS) is 16.5.